The van der Waals surface area contributed by atoms with E-state index in [0.29, 0.717) is 0 Å². The van der Waals surface area contributed by atoms with Crippen LogP contribution in [-0.4, -0.2) is 24.8 Å². The van der Waals surface area contributed by atoms with Gasteiger partial charge < -0.3 is 5.01 Å². The summed E-state index contributed by atoms with van der Waals surface area (Å²) < 4.78 is 0. The van der Waals surface area contributed by atoms with Crippen molar-refractivity contribution in [2.45, 2.75) is 34.6 Å². The summed E-state index contributed by atoms with van der Waals surface area (Å²) in [6.07, 6.45) is 0. The summed E-state index contributed by atoms with van der Waals surface area (Å²) >= 11 is 0. The Hall–Kier alpha value is -1.31. The van der Waals surface area contributed by atoms with Crippen LogP contribution in [0.15, 0.2) is 11.2 Å². The first-order valence-corrected chi connectivity index (χ1v) is 5.65. The number of benzene rings is 1. The Balaban J connectivity index is 3.40. The van der Waals surface area contributed by atoms with Crippen molar-refractivity contribution in [2.75, 3.05) is 14.1 Å². The molecule has 0 aromatic heterocycles. The third-order valence-electron chi connectivity index (χ3n) is 3.07. The second-order valence-corrected chi connectivity index (χ2v) is 4.67. The Labute approximate surface area is 99.0 Å². The van der Waals surface area contributed by atoms with Crippen LogP contribution in [0, 0.1) is 27.7 Å². The van der Waals surface area contributed by atoms with Crippen LogP contribution in [0.4, 0.5) is 0 Å². The van der Waals surface area contributed by atoms with Gasteiger partial charge in [-0.1, -0.05) is 6.07 Å². The van der Waals surface area contributed by atoms with Crippen LogP contribution < -0.4 is 0 Å². The highest BCUT2D eigenvalue weighted by atomic mass is 15.4. The Morgan fingerprint density at radius 2 is 1.56 bits per heavy atom. The topological polar surface area (TPSA) is 15.6 Å². The molecule has 0 aliphatic heterocycles. The van der Waals surface area contributed by atoms with Gasteiger partial charge in [-0.3, -0.25) is 0 Å². The fourth-order valence-corrected chi connectivity index (χ4v) is 2.19. The Morgan fingerprint density at radius 3 is 2.06 bits per heavy atom. The van der Waals surface area contributed by atoms with Crippen molar-refractivity contribution >= 4 is 5.71 Å². The number of hydrazone groups is 1. The van der Waals surface area contributed by atoms with E-state index < -0.39 is 0 Å². The van der Waals surface area contributed by atoms with Crippen LogP contribution in [-0.2, 0) is 0 Å². The molecule has 0 amide bonds. The molecule has 0 N–H and O–H groups in total. The van der Waals surface area contributed by atoms with Gasteiger partial charge in [0.15, 0.2) is 0 Å². The highest BCUT2D eigenvalue weighted by Crippen LogP contribution is 2.22. The van der Waals surface area contributed by atoms with E-state index in [4.69, 9.17) is 0 Å². The second-order valence-electron chi connectivity index (χ2n) is 4.67. The van der Waals surface area contributed by atoms with E-state index in [9.17, 15) is 0 Å². The molecule has 0 heterocycles. The van der Waals surface area contributed by atoms with Gasteiger partial charge in [-0.25, -0.2) is 0 Å². The van der Waals surface area contributed by atoms with Crippen molar-refractivity contribution in [3.8, 4) is 0 Å². The molecule has 88 valence electrons. The molecular weight excluding hydrogens is 196 g/mol. The quantitative estimate of drug-likeness (QED) is 0.550. The number of hydrogen-bond donors (Lipinski definition) is 0. The van der Waals surface area contributed by atoms with Crippen molar-refractivity contribution in [3.63, 3.8) is 0 Å². The van der Waals surface area contributed by atoms with Gasteiger partial charge in [-0.15, -0.1) is 0 Å². The first-order chi connectivity index (χ1) is 7.34. The largest absolute Gasteiger partial charge is 0.303 e. The summed E-state index contributed by atoms with van der Waals surface area (Å²) in [6.45, 7) is 10.8. The zero-order valence-corrected chi connectivity index (χ0v) is 11.5. The van der Waals surface area contributed by atoms with Gasteiger partial charge in [0.2, 0.25) is 0 Å². The normalized spacial score (nSPS) is 11.8. The molecule has 0 saturated heterocycles. The summed E-state index contributed by atoms with van der Waals surface area (Å²) in [7, 11) is 3.91. The molecule has 16 heavy (non-hydrogen) atoms. The highest BCUT2D eigenvalue weighted by molar-refractivity contribution is 6.01. The molecule has 0 spiro atoms. The van der Waals surface area contributed by atoms with Gasteiger partial charge in [0, 0.05) is 19.7 Å². The summed E-state index contributed by atoms with van der Waals surface area (Å²) in [4.78, 5) is 0. The second kappa shape index (κ2) is 4.69. The smallest absolute Gasteiger partial charge is 0.0651 e. The molecule has 0 atom stereocenters. The van der Waals surface area contributed by atoms with Crippen molar-refractivity contribution in [1.82, 2.24) is 5.01 Å². The summed E-state index contributed by atoms with van der Waals surface area (Å²) in [6, 6.07) is 2.24. The number of hydrogen-bond acceptors (Lipinski definition) is 2. The molecule has 1 rings (SSSR count). The van der Waals surface area contributed by atoms with Crippen molar-refractivity contribution < 1.29 is 0 Å². The lowest BCUT2D eigenvalue weighted by atomic mass is 9.92. The van der Waals surface area contributed by atoms with Crippen LogP contribution in [0.1, 0.15) is 34.7 Å². The summed E-state index contributed by atoms with van der Waals surface area (Å²) in [5.41, 5.74) is 7.76. The third-order valence-corrected chi connectivity index (χ3v) is 3.07. The predicted octanol–water partition coefficient (Wildman–Crippen LogP) is 3.21. The number of aryl methyl sites for hydroxylation is 2. The van der Waals surface area contributed by atoms with Gasteiger partial charge in [-0.05, 0) is 56.9 Å². The average molecular weight is 218 g/mol. The zero-order valence-electron chi connectivity index (χ0n) is 11.5. The number of nitrogens with zero attached hydrogens (tertiary/aromatic N) is 2. The van der Waals surface area contributed by atoms with Crippen LogP contribution >= 0.6 is 0 Å². The molecule has 1 aromatic rings. The maximum Gasteiger partial charge on any atom is 0.0651 e. The monoisotopic (exact) mass is 218 g/mol. The molecule has 0 fully saturated rings. The van der Waals surface area contributed by atoms with Crippen LogP contribution in [0.5, 0.6) is 0 Å². The predicted molar refractivity (Wildman–Crippen MR) is 71.3 cm³/mol. The minimum Gasteiger partial charge on any atom is -0.303 e. The SMILES string of the molecule is C/C(=N\N(C)C)c1c(C)cc(C)c(C)c1C. The van der Waals surface area contributed by atoms with E-state index in [-0.39, 0.29) is 0 Å². The molecule has 0 aliphatic rings. The van der Waals surface area contributed by atoms with E-state index in [0.717, 1.165) is 5.71 Å². The Morgan fingerprint density at radius 1 is 1.00 bits per heavy atom. The molecule has 0 saturated carbocycles. The molecule has 0 unspecified atom stereocenters. The van der Waals surface area contributed by atoms with E-state index in [1.165, 1.54) is 27.8 Å². The van der Waals surface area contributed by atoms with Gasteiger partial charge in [0.25, 0.3) is 0 Å². The fourth-order valence-electron chi connectivity index (χ4n) is 2.19. The van der Waals surface area contributed by atoms with Gasteiger partial charge in [-0.2, -0.15) is 5.10 Å². The lowest BCUT2D eigenvalue weighted by Gasteiger charge is -2.16. The lowest BCUT2D eigenvalue weighted by Crippen LogP contribution is -2.11. The molecule has 0 radical (unpaired) electrons. The molecule has 0 aliphatic carbocycles. The minimum absolute atomic E-state index is 1.09. The van der Waals surface area contributed by atoms with E-state index in [1.807, 2.05) is 19.1 Å². The average Bonchev–Trinajstić information content (AvgIpc) is 2.13. The van der Waals surface area contributed by atoms with Crippen LogP contribution in [0.25, 0.3) is 0 Å². The summed E-state index contributed by atoms with van der Waals surface area (Å²) in [5, 5.41) is 6.34. The standard InChI is InChI=1S/C14H22N2/c1-9-8-10(2)14(12(4)11(9)3)13(5)15-16(6)7/h8H,1-7H3/b15-13+. The van der Waals surface area contributed by atoms with E-state index >= 15 is 0 Å². The lowest BCUT2D eigenvalue weighted by molar-refractivity contribution is 0.438. The maximum atomic E-state index is 4.49. The fraction of sp³-hybridized carbons (Fsp3) is 0.500. The van der Waals surface area contributed by atoms with Gasteiger partial charge in [0.1, 0.15) is 0 Å². The molecule has 1 aromatic carbocycles. The van der Waals surface area contributed by atoms with Gasteiger partial charge >= 0.3 is 0 Å². The third kappa shape index (κ3) is 2.43. The minimum atomic E-state index is 1.09. The molecule has 2 nitrogen and oxygen atoms in total. The molecular formula is C14H22N2. The summed E-state index contributed by atoms with van der Waals surface area (Å²) in [5.74, 6) is 0. The van der Waals surface area contributed by atoms with E-state index in [1.54, 1.807) is 0 Å². The molecule has 0 bridgehead atoms. The molecule has 2 heteroatoms. The van der Waals surface area contributed by atoms with Crippen molar-refractivity contribution in [2.24, 2.45) is 5.10 Å². The van der Waals surface area contributed by atoms with Crippen LogP contribution in [0.2, 0.25) is 0 Å². The first kappa shape index (κ1) is 12.8. The van der Waals surface area contributed by atoms with Crippen molar-refractivity contribution in [3.05, 3.63) is 33.9 Å². The maximum absolute atomic E-state index is 4.49. The van der Waals surface area contributed by atoms with E-state index in [2.05, 4.69) is 45.8 Å². The Kier molecular flexibility index (Phi) is 3.74. The highest BCUT2D eigenvalue weighted by Gasteiger charge is 2.10. The van der Waals surface area contributed by atoms with Crippen molar-refractivity contribution in [1.29, 1.82) is 0 Å². The van der Waals surface area contributed by atoms with Gasteiger partial charge in [0.05, 0.1) is 5.71 Å². The van der Waals surface area contributed by atoms with Crippen LogP contribution in [0.3, 0.4) is 0 Å². The zero-order chi connectivity index (χ0) is 12.5. The Bertz CT molecular complexity index is 429. The first-order valence-electron chi connectivity index (χ1n) is 5.65. The number of rotatable bonds is 2.